The summed E-state index contributed by atoms with van der Waals surface area (Å²) in [7, 11) is 0. The minimum absolute atomic E-state index is 0.184. The first-order chi connectivity index (χ1) is 10.3. The average Bonchev–Trinajstić information content (AvgIpc) is 2.50. The largest absolute Gasteiger partial charge is 0.372 e. The van der Waals surface area contributed by atoms with Crippen LogP contribution in [0, 0.1) is 6.92 Å². The van der Waals surface area contributed by atoms with Gasteiger partial charge >= 0.3 is 0 Å². The number of aryl methyl sites for hydroxylation is 1. The molecule has 0 amide bonds. The molecular weight excluding hydrogens is 258 g/mol. The molecule has 0 aromatic heterocycles. The topological polar surface area (TPSA) is 21.3 Å². The summed E-state index contributed by atoms with van der Waals surface area (Å²) in [4.78, 5) is 0. The second-order valence-corrected chi connectivity index (χ2v) is 5.89. The van der Waals surface area contributed by atoms with Gasteiger partial charge in [-0.2, -0.15) is 0 Å². The zero-order chi connectivity index (χ0) is 15.3. The average molecular weight is 291 g/mol. The molecule has 1 atom stereocenters. The highest BCUT2D eigenvalue weighted by atomic mass is 16.5. The van der Waals surface area contributed by atoms with Gasteiger partial charge in [-0.15, -0.1) is 0 Å². The fourth-order valence-electron chi connectivity index (χ4n) is 2.40. The van der Waals surface area contributed by atoms with Crippen molar-refractivity contribution in [2.45, 2.75) is 65.4 Å². The van der Waals surface area contributed by atoms with Crippen LogP contribution in [-0.4, -0.2) is 19.7 Å². The number of rotatable bonds is 12. The Bertz CT molecular complexity index is 347. The smallest absolute Gasteiger partial charge is 0.0949 e. The van der Waals surface area contributed by atoms with Gasteiger partial charge in [0, 0.05) is 13.2 Å². The molecule has 0 spiro atoms. The van der Waals surface area contributed by atoms with Crippen LogP contribution in [0.25, 0.3) is 0 Å². The van der Waals surface area contributed by atoms with Crippen LogP contribution in [0.2, 0.25) is 0 Å². The van der Waals surface area contributed by atoms with Gasteiger partial charge in [-0.25, -0.2) is 0 Å². The summed E-state index contributed by atoms with van der Waals surface area (Å²) >= 11 is 0. The predicted octanol–water partition coefficient (Wildman–Crippen LogP) is 5.02. The monoisotopic (exact) mass is 291 g/mol. The zero-order valence-electron chi connectivity index (χ0n) is 14.2. The lowest BCUT2D eigenvalue weighted by atomic mass is 10.1. The minimum atomic E-state index is 0.184. The molecule has 0 radical (unpaired) electrons. The molecule has 0 heterocycles. The van der Waals surface area contributed by atoms with Gasteiger partial charge in [0.1, 0.15) is 0 Å². The Hall–Kier alpha value is -0.860. The zero-order valence-corrected chi connectivity index (χ0v) is 14.2. The molecular formula is C19H33NO. The van der Waals surface area contributed by atoms with Crippen LogP contribution >= 0.6 is 0 Å². The third kappa shape index (κ3) is 8.23. The van der Waals surface area contributed by atoms with Crippen molar-refractivity contribution in [3.05, 3.63) is 35.4 Å². The van der Waals surface area contributed by atoms with E-state index in [1.54, 1.807) is 0 Å². The van der Waals surface area contributed by atoms with Gasteiger partial charge in [-0.3, -0.25) is 0 Å². The third-order valence-corrected chi connectivity index (χ3v) is 3.77. The summed E-state index contributed by atoms with van der Waals surface area (Å²) in [5.41, 5.74) is 2.59. The van der Waals surface area contributed by atoms with E-state index >= 15 is 0 Å². The normalized spacial score (nSPS) is 12.5. The molecule has 120 valence electrons. The minimum Gasteiger partial charge on any atom is -0.372 e. The van der Waals surface area contributed by atoms with Crippen molar-refractivity contribution < 1.29 is 4.74 Å². The van der Waals surface area contributed by atoms with E-state index < -0.39 is 0 Å². The first-order valence-electron chi connectivity index (χ1n) is 8.66. The van der Waals surface area contributed by atoms with Gasteiger partial charge in [0.05, 0.1) is 6.10 Å². The molecule has 21 heavy (non-hydrogen) atoms. The number of benzene rings is 1. The summed E-state index contributed by atoms with van der Waals surface area (Å²) in [6.45, 7) is 9.42. The fraction of sp³-hybridized carbons (Fsp3) is 0.684. The maximum absolute atomic E-state index is 6.13. The summed E-state index contributed by atoms with van der Waals surface area (Å²) in [5, 5.41) is 3.48. The second-order valence-electron chi connectivity index (χ2n) is 5.89. The lowest BCUT2D eigenvalue weighted by molar-refractivity contribution is 0.0499. The van der Waals surface area contributed by atoms with Gasteiger partial charge in [0.25, 0.3) is 0 Å². The Balaban J connectivity index is 2.39. The molecule has 2 nitrogen and oxygen atoms in total. The van der Waals surface area contributed by atoms with E-state index in [9.17, 15) is 0 Å². The molecule has 1 rings (SSSR count). The van der Waals surface area contributed by atoms with Crippen molar-refractivity contribution in [2.75, 3.05) is 19.7 Å². The van der Waals surface area contributed by atoms with Gasteiger partial charge < -0.3 is 10.1 Å². The Labute approximate surface area is 131 Å². The number of nitrogens with one attached hydrogen (secondary N) is 1. The molecule has 2 heteroatoms. The highest BCUT2D eigenvalue weighted by Gasteiger charge is 2.11. The fourth-order valence-corrected chi connectivity index (χ4v) is 2.40. The lowest BCUT2D eigenvalue weighted by Crippen LogP contribution is -2.24. The van der Waals surface area contributed by atoms with E-state index in [-0.39, 0.29) is 6.10 Å². The van der Waals surface area contributed by atoms with Crippen LogP contribution < -0.4 is 5.32 Å². The third-order valence-electron chi connectivity index (χ3n) is 3.77. The van der Waals surface area contributed by atoms with Gasteiger partial charge in [0.2, 0.25) is 0 Å². The number of hydrogen-bond donors (Lipinski definition) is 1. The molecule has 1 aromatic rings. The Morgan fingerprint density at radius 2 is 1.67 bits per heavy atom. The van der Waals surface area contributed by atoms with E-state index in [4.69, 9.17) is 4.74 Å². The van der Waals surface area contributed by atoms with Crippen molar-refractivity contribution in [2.24, 2.45) is 0 Å². The first kappa shape index (κ1) is 18.2. The SMILES string of the molecule is CCCCCCCOC(CNCCC)c1ccc(C)cc1. The Morgan fingerprint density at radius 3 is 2.33 bits per heavy atom. The van der Waals surface area contributed by atoms with E-state index in [1.807, 2.05) is 0 Å². The van der Waals surface area contributed by atoms with Crippen LogP contribution in [0.5, 0.6) is 0 Å². The number of unbranched alkanes of at least 4 members (excludes halogenated alkanes) is 4. The van der Waals surface area contributed by atoms with Crippen LogP contribution in [0.3, 0.4) is 0 Å². The molecule has 0 fully saturated rings. The molecule has 1 aromatic carbocycles. The second kappa shape index (κ2) is 11.8. The maximum atomic E-state index is 6.13. The summed E-state index contributed by atoms with van der Waals surface area (Å²) in [6, 6.07) is 8.74. The summed E-state index contributed by atoms with van der Waals surface area (Å²) < 4.78 is 6.13. The van der Waals surface area contributed by atoms with Gasteiger partial charge in [0.15, 0.2) is 0 Å². The van der Waals surface area contributed by atoms with E-state index in [0.717, 1.165) is 26.1 Å². The van der Waals surface area contributed by atoms with Crippen LogP contribution in [0.15, 0.2) is 24.3 Å². The molecule has 0 aliphatic carbocycles. The molecule has 0 bridgehead atoms. The van der Waals surface area contributed by atoms with Crippen LogP contribution in [0.4, 0.5) is 0 Å². The molecule has 1 unspecified atom stereocenters. The molecule has 0 aliphatic heterocycles. The van der Waals surface area contributed by atoms with Crippen molar-refractivity contribution in [1.29, 1.82) is 0 Å². The van der Waals surface area contributed by atoms with Crippen molar-refractivity contribution in [3.63, 3.8) is 0 Å². The van der Waals surface area contributed by atoms with Gasteiger partial charge in [-0.05, 0) is 31.9 Å². The van der Waals surface area contributed by atoms with Crippen molar-refractivity contribution in [1.82, 2.24) is 5.32 Å². The molecule has 1 N–H and O–H groups in total. The molecule has 0 saturated heterocycles. The maximum Gasteiger partial charge on any atom is 0.0949 e. The molecule has 0 aliphatic rings. The number of hydrogen-bond acceptors (Lipinski definition) is 2. The first-order valence-corrected chi connectivity index (χ1v) is 8.66. The quantitative estimate of drug-likeness (QED) is 0.546. The summed E-state index contributed by atoms with van der Waals surface area (Å²) in [6.07, 6.45) is 7.80. The highest BCUT2D eigenvalue weighted by Crippen LogP contribution is 2.18. The van der Waals surface area contributed by atoms with E-state index in [1.165, 1.54) is 43.2 Å². The van der Waals surface area contributed by atoms with Crippen molar-refractivity contribution in [3.8, 4) is 0 Å². The Kier molecular flexibility index (Phi) is 10.2. The van der Waals surface area contributed by atoms with Crippen LogP contribution in [-0.2, 0) is 4.74 Å². The lowest BCUT2D eigenvalue weighted by Gasteiger charge is -2.19. The van der Waals surface area contributed by atoms with E-state index in [0.29, 0.717) is 0 Å². The van der Waals surface area contributed by atoms with E-state index in [2.05, 4.69) is 50.4 Å². The Morgan fingerprint density at radius 1 is 0.952 bits per heavy atom. The van der Waals surface area contributed by atoms with Gasteiger partial charge in [-0.1, -0.05) is 69.4 Å². The standard InChI is InChI=1S/C19H33NO/c1-4-6-7-8-9-15-21-19(16-20-14-5-2)18-12-10-17(3)11-13-18/h10-13,19-20H,4-9,14-16H2,1-3H3. The highest BCUT2D eigenvalue weighted by molar-refractivity contribution is 5.23. The predicted molar refractivity (Wildman–Crippen MR) is 91.8 cm³/mol. The summed E-state index contributed by atoms with van der Waals surface area (Å²) in [5.74, 6) is 0. The van der Waals surface area contributed by atoms with Crippen molar-refractivity contribution >= 4 is 0 Å². The molecule has 0 saturated carbocycles. The number of ether oxygens (including phenoxy) is 1. The van der Waals surface area contributed by atoms with Crippen LogP contribution in [0.1, 0.15) is 69.6 Å².